The first-order valence-electron chi connectivity index (χ1n) is 9.27. The summed E-state index contributed by atoms with van der Waals surface area (Å²) in [4.78, 5) is 12.2. The van der Waals surface area contributed by atoms with E-state index in [2.05, 4.69) is 30.9 Å². The highest BCUT2D eigenvalue weighted by molar-refractivity contribution is 9.10. The molecule has 154 valence electrons. The first kappa shape index (κ1) is 19.6. The van der Waals surface area contributed by atoms with Crippen molar-refractivity contribution in [3.63, 3.8) is 0 Å². The van der Waals surface area contributed by atoms with E-state index >= 15 is 0 Å². The van der Waals surface area contributed by atoms with Gasteiger partial charge < -0.3 is 9.40 Å². The van der Waals surface area contributed by atoms with Gasteiger partial charge in [0.05, 0.1) is 27.8 Å². The molecular weight excluding hydrogens is 471 g/mol. The Balaban J connectivity index is 1.77. The summed E-state index contributed by atoms with van der Waals surface area (Å²) in [5.41, 5.74) is 2.20. The van der Waals surface area contributed by atoms with Crippen LogP contribution in [0.4, 0.5) is 18.9 Å². The lowest BCUT2D eigenvalue weighted by molar-refractivity contribution is -0.137. The Morgan fingerprint density at radius 2 is 1.77 bits per heavy atom. The van der Waals surface area contributed by atoms with E-state index in [0.717, 1.165) is 33.0 Å². The van der Waals surface area contributed by atoms with Crippen LogP contribution in [0.2, 0.25) is 0 Å². The van der Waals surface area contributed by atoms with Gasteiger partial charge >= 0.3 is 6.18 Å². The number of para-hydroxylation sites is 2. The average molecular weight is 484 g/mol. The van der Waals surface area contributed by atoms with E-state index in [1.54, 1.807) is 6.07 Å². The number of H-pyrrole nitrogens is 1. The maximum atomic E-state index is 13.1. The minimum atomic E-state index is -4.46. The molecule has 0 spiro atoms. The van der Waals surface area contributed by atoms with E-state index < -0.39 is 11.7 Å². The van der Waals surface area contributed by atoms with Gasteiger partial charge in [0.2, 0.25) is 5.55 Å². The molecule has 1 N–H and O–H groups in total. The SMILES string of the molecule is FC(F)(F)c1cccc(N=c2oc3ccc(Br)cc3cc2-c2nc3ccccc3[nH]2)c1. The Morgan fingerprint density at radius 1 is 0.935 bits per heavy atom. The molecule has 8 heteroatoms. The van der Waals surface area contributed by atoms with Crippen molar-refractivity contribution in [3.05, 3.63) is 88.4 Å². The molecule has 2 heterocycles. The average Bonchev–Trinajstić information content (AvgIpc) is 3.17. The summed E-state index contributed by atoms with van der Waals surface area (Å²) in [7, 11) is 0. The van der Waals surface area contributed by atoms with Gasteiger partial charge in [0.15, 0.2) is 0 Å². The van der Waals surface area contributed by atoms with E-state index in [1.807, 2.05) is 42.5 Å². The van der Waals surface area contributed by atoms with Gasteiger partial charge in [-0.1, -0.05) is 34.1 Å². The summed E-state index contributed by atoms with van der Waals surface area (Å²) < 4.78 is 46.3. The molecule has 0 aliphatic rings. The zero-order valence-electron chi connectivity index (χ0n) is 15.7. The molecule has 0 unspecified atom stereocenters. The van der Waals surface area contributed by atoms with E-state index in [1.165, 1.54) is 12.1 Å². The van der Waals surface area contributed by atoms with Gasteiger partial charge in [0.25, 0.3) is 0 Å². The highest BCUT2D eigenvalue weighted by atomic mass is 79.9. The second-order valence-electron chi connectivity index (χ2n) is 6.91. The van der Waals surface area contributed by atoms with E-state index in [0.29, 0.717) is 17.0 Å². The number of nitrogens with one attached hydrogen (secondary N) is 1. The molecule has 31 heavy (non-hydrogen) atoms. The van der Waals surface area contributed by atoms with Crippen LogP contribution in [0.15, 0.2) is 86.7 Å². The largest absolute Gasteiger partial charge is 0.438 e. The second kappa shape index (κ2) is 7.39. The fraction of sp³-hybridized carbons (Fsp3) is 0.0435. The lowest BCUT2D eigenvalue weighted by Gasteiger charge is -2.07. The van der Waals surface area contributed by atoms with E-state index in [-0.39, 0.29) is 11.2 Å². The van der Waals surface area contributed by atoms with Crippen molar-refractivity contribution in [1.82, 2.24) is 9.97 Å². The van der Waals surface area contributed by atoms with Crippen LogP contribution in [0.1, 0.15) is 5.56 Å². The number of aromatic amines is 1. The molecule has 0 saturated carbocycles. The summed E-state index contributed by atoms with van der Waals surface area (Å²) >= 11 is 3.45. The van der Waals surface area contributed by atoms with Crippen LogP contribution < -0.4 is 5.55 Å². The predicted molar refractivity (Wildman–Crippen MR) is 116 cm³/mol. The molecule has 0 aliphatic carbocycles. The molecule has 5 aromatic rings. The van der Waals surface area contributed by atoms with Gasteiger partial charge in [-0.15, -0.1) is 0 Å². The number of aromatic nitrogens is 2. The second-order valence-corrected chi connectivity index (χ2v) is 7.83. The number of alkyl halides is 3. The van der Waals surface area contributed by atoms with Gasteiger partial charge in [-0.05, 0) is 54.6 Å². The minimum Gasteiger partial charge on any atom is -0.438 e. The topological polar surface area (TPSA) is 54.2 Å². The minimum absolute atomic E-state index is 0.132. The van der Waals surface area contributed by atoms with Crippen molar-refractivity contribution in [2.75, 3.05) is 0 Å². The summed E-state index contributed by atoms with van der Waals surface area (Å²) in [6.07, 6.45) is -4.46. The van der Waals surface area contributed by atoms with Gasteiger partial charge in [0, 0.05) is 9.86 Å². The number of hydrogen-bond donors (Lipinski definition) is 1. The van der Waals surface area contributed by atoms with Crippen molar-refractivity contribution in [2.45, 2.75) is 6.18 Å². The smallest absolute Gasteiger partial charge is 0.416 e. The first-order chi connectivity index (χ1) is 14.9. The van der Waals surface area contributed by atoms with Crippen LogP contribution in [0.5, 0.6) is 0 Å². The Hall–Kier alpha value is -3.39. The summed E-state index contributed by atoms with van der Waals surface area (Å²) in [5.74, 6) is 0.512. The lowest BCUT2D eigenvalue weighted by atomic mass is 10.1. The molecule has 0 saturated heterocycles. The Morgan fingerprint density at radius 3 is 2.58 bits per heavy atom. The molecule has 0 atom stereocenters. The zero-order chi connectivity index (χ0) is 21.6. The molecule has 0 radical (unpaired) electrons. The van der Waals surface area contributed by atoms with Crippen molar-refractivity contribution >= 4 is 43.6 Å². The molecule has 0 bridgehead atoms. The van der Waals surface area contributed by atoms with Gasteiger partial charge in [-0.3, -0.25) is 0 Å². The quantitative estimate of drug-likeness (QED) is 0.294. The lowest BCUT2D eigenvalue weighted by Crippen LogP contribution is -2.07. The number of fused-ring (bicyclic) bond motifs is 2. The van der Waals surface area contributed by atoms with Crippen LogP contribution >= 0.6 is 15.9 Å². The van der Waals surface area contributed by atoms with E-state index in [4.69, 9.17) is 4.42 Å². The summed E-state index contributed by atoms with van der Waals surface area (Å²) in [6, 6.07) is 19.7. The highest BCUT2D eigenvalue weighted by Gasteiger charge is 2.30. The third kappa shape index (κ3) is 3.86. The molecule has 0 aliphatic heterocycles. The molecule has 5 rings (SSSR count). The number of rotatable bonds is 2. The van der Waals surface area contributed by atoms with Gasteiger partial charge in [-0.2, -0.15) is 13.2 Å². The molecular formula is C23H13BrF3N3O. The van der Waals surface area contributed by atoms with Crippen LogP contribution in [-0.2, 0) is 6.18 Å². The number of imidazole rings is 1. The number of benzene rings is 3. The zero-order valence-corrected chi connectivity index (χ0v) is 17.3. The Labute approximate surface area is 182 Å². The fourth-order valence-corrected chi connectivity index (χ4v) is 3.68. The molecule has 3 aromatic carbocycles. The third-order valence-electron chi connectivity index (χ3n) is 4.76. The van der Waals surface area contributed by atoms with Crippen molar-refractivity contribution in [2.24, 2.45) is 4.99 Å². The maximum absolute atomic E-state index is 13.1. The highest BCUT2D eigenvalue weighted by Crippen LogP contribution is 2.31. The van der Waals surface area contributed by atoms with Crippen molar-refractivity contribution in [1.29, 1.82) is 0 Å². The Bertz CT molecular complexity index is 1470. The van der Waals surface area contributed by atoms with Crippen molar-refractivity contribution < 1.29 is 17.6 Å². The van der Waals surface area contributed by atoms with Crippen molar-refractivity contribution in [3.8, 4) is 11.4 Å². The first-order valence-corrected chi connectivity index (χ1v) is 10.1. The summed E-state index contributed by atoms with van der Waals surface area (Å²) in [5, 5.41) is 0.799. The number of hydrogen-bond acceptors (Lipinski definition) is 3. The third-order valence-corrected chi connectivity index (χ3v) is 5.25. The number of nitrogens with zero attached hydrogens (tertiary/aromatic N) is 2. The van der Waals surface area contributed by atoms with E-state index in [9.17, 15) is 13.2 Å². The van der Waals surface area contributed by atoms with Gasteiger partial charge in [0.1, 0.15) is 11.4 Å². The molecule has 0 fully saturated rings. The predicted octanol–water partition coefficient (Wildman–Crippen LogP) is 6.99. The standard InChI is InChI=1S/C23H13BrF3N3O/c24-15-8-9-20-13(10-15)11-17(21-29-18-6-1-2-7-19(18)30-21)22(31-20)28-16-5-3-4-14(12-16)23(25,26)27/h1-12H,(H,29,30). The number of halogens is 4. The monoisotopic (exact) mass is 483 g/mol. The Kier molecular flexibility index (Phi) is 4.66. The fourth-order valence-electron chi connectivity index (χ4n) is 3.30. The molecule has 2 aromatic heterocycles. The normalized spacial score (nSPS) is 12.7. The molecule has 0 amide bonds. The van der Waals surface area contributed by atoms with Crippen LogP contribution in [0.3, 0.4) is 0 Å². The van der Waals surface area contributed by atoms with Crippen LogP contribution in [0, 0.1) is 0 Å². The maximum Gasteiger partial charge on any atom is 0.416 e. The molecule has 4 nitrogen and oxygen atoms in total. The van der Waals surface area contributed by atoms with Crippen LogP contribution in [0.25, 0.3) is 33.4 Å². The van der Waals surface area contributed by atoms with Gasteiger partial charge in [-0.25, -0.2) is 9.98 Å². The summed E-state index contributed by atoms with van der Waals surface area (Å²) in [6.45, 7) is 0. The van der Waals surface area contributed by atoms with Crippen LogP contribution in [-0.4, -0.2) is 9.97 Å².